The minimum absolute atomic E-state index is 0.130. The van der Waals surface area contributed by atoms with Crippen LogP contribution in [0.4, 0.5) is 11.4 Å². The summed E-state index contributed by atoms with van der Waals surface area (Å²) in [5, 5.41) is 3.57. The number of fused-ring (bicyclic) bond motifs is 2. The predicted molar refractivity (Wildman–Crippen MR) is 110 cm³/mol. The van der Waals surface area contributed by atoms with Crippen molar-refractivity contribution in [1.29, 1.82) is 0 Å². The molecule has 0 saturated heterocycles. The molecule has 3 aliphatic heterocycles. The molecular formula is C22H24N2O2S. The van der Waals surface area contributed by atoms with Gasteiger partial charge in [-0.3, -0.25) is 4.79 Å². The lowest BCUT2D eigenvalue weighted by atomic mass is 9.80. The van der Waals surface area contributed by atoms with E-state index in [4.69, 9.17) is 4.74 Å². The fraction of sp³-hybridized carbons (Fsp3) is 0.409. The van der Waals surface area contributed by atoms with Crippen molar-refractivity contribution in [2.24, 2.45) is 0 Å². The lowest BCUT2D eigenvalue weighted by Crippen LogP contribution is -2.53. The number of rotatable bonds is 2. The van der Waals surface area contributed by atoms with Gasteiger partial charge in [-0.2, -0.15) is 0 Å². The number of nitrogens with zero attached hydrogens (tertiary/aromatic N) is 1. The maximum Gasteiger partial charge on any atom is 0.268 e. The summed E-state index contributed by atoms with van der Waals surface area (Å²) in [5.74, 6) is 1.36. The maximum atomic E-state index is 13.9. The number of nitrogens with one attached hydrogen (secondary N) is 1. The van der Waals surface area contributed by atoms with Gasteiger partial charge in [0.2, 0.25) is 0 Å². The molecule has 3 heterocycles. The highest BCUT2D eigenvalue weighted by molar-refractivity contribution is 8.01. The molecule has 2 aromatic rings. The van der Waals surface area contributed by atoms with Crippen LogP contribution < -0.4 is 15.0 Å². The first-order chi connectivity index (χ1) is 12.9. The van der Waals surface area contributed by atoms with E-state index in [1.807, 2.05) is 30.0 Å². The second kappa shape index (κ2) is 5.44. The molecule has 0 fully saturated rings. The maximum absolute atomic E-state index is 13.9. The van der Waals surface area contributed by atoms with Crippen LogP contribution in [0.3, 0.4) is 0 Å². The van der Waals surface area contributed by atoms with E-state index in [0.717, 1.165) is 34.0 Å². The molecule has 5 rings (SSSR count). The summed E-state index contributed by atoms with van der Waals surface area (Å²) in [6.45, 7) is 9.22. The molecule has 2 aromatic carbocycles. The summed E-state index contributed by atoms with van der Waals surface area (Å²) < 4.78 is 5.88. The molecule has 0 aromatic heterocycles. The molecule has 0 unspecified atom stereocenters. The Balaban J connectivity index is 1.77. The van der Waals surface area contributed by atoms with E-state index in [9.17, 15) is 4.79 Å². The molecule has 140 valence electrons. The summed E-state index contributed by atoms with van der Waals surface area (Å²) in [5.41, 5.74) is 4.15. The van der Waals surface area contributed by atoms with Gasteiger partial charge < -0.3 is 15.0 Å². The van der Waals surface area contributed by atoms with Crippen molar-refractivity contribution in [3.05, 3.63) is 47.5 Å². The number of para-hydroxylation sites is 1. The summed E-state index contributed by atoms with van der Waals surface area (Å²) in [7, 11) is 0. The van der Waals surface area contributed by atoms with Crippen molar-refractivity contribution in [2.75, 3.05) is 16.8 Å². The van der Waals surface area contributed by atoms with Gasteiger partial charge in [0.15, 0.2) is 4.87 Å². The van der Waals surface area contributed by atoms with Crippen LogP contribution in [-0.4, -0.2) is 18.1 Å². The van der Waals surface area contributed by atoms with Gasteiger partial charge in [0.25, 0.3) is 5.91 Å². The summed E-state index contributed by atoms with van der Waals surface area (Å²) in [4.78, 5) is 16.2. The van der Waals surface area contributed by atoms with Crippen LogP contribution in [0.2, 0.25) is 0 Å². The number of hydrogen-bond acceptors (Lipinski definition) is 4. The van der Waals surface area contributed by atoms with Crippen molar-refractivity contribution in [1.82, 2.24) is 0 Å². The molecule has 0 saturated carbocycles. The topological polar surface area (TPSA) is 41.6 Å². The van der Waals surface area contributed by atoms with Crippen molar-refractivity contribution < 1.29 is 9.53 Å². The quantitative estimate of drug-likeness (QED) is 0.788. The summed E-state index contributed by atoms with van der Waals surface area (Å²) in [6, 6.07) is 12.4. The molecular weight excluding hydrogens is 356 g/mol. The highest BCUT2D eigenvalue weighted by Gasteiger charge is 2.60. The Morgan fingerprint density at radius 2 is 2.07 bits per heavy atom. The average Bonchev–Trinajstić information content (AvgIpc) is 3.11. The third-order valence-corrected chi connectivity index (χ3v) is 7.31. The molecule has 3 aliphatic rings. The first-order valence-corrected chi connectivity index (χ1v) is 10.4. The van der Waals surface area contributed by atoms with Crippen LogP contribution >= 0.6 is 11.8 Å². The minimum Gasteiger partial charge on any atom is -0.494 e. The van der Waals surface area contributed by atoms with E-state index in [-0.39, 0.29) is 11.4 Å². The molecule has 27 heavy (non-hydrogen) atoms. The fourth-order valence-electron chi connectivity index (χ4n) is 4.93. The Morgan fingerprint density at radius 1 is 1.30 bits per heavy atom. The van der Waals surface area contributed by atoms with E-state index in [1.165, 1.54) is 5.56 Å². The number of anilines is 2. The second-order valence-electron chi connectivity index (χ2n) is 8.30. The zero-order chi connectivity index (χ0) is 19.0. The number of ether oxygens (including phenoxy) is 1. The lowest BCUT2D eigenvalue weighted by molar-refractivity contribution is -0.120. The standard InChI is InChI=1S/C22H24N2O2S/c1-5-26-14-10-15-13(2)12-21(3,4)24-19(15)16(11-14)22(20(24)25)23-17-8-6-7-9-18(17)27-22/h6-11,13,23H,5,12H2,1-4H3/t13-,22-/m1/s1. The largest absolute Gasteiger partial charge is 0.494 e. The molecule has 0 bridgehead atoms. The number of carbonyl (C=O) groups is 1. The molecule has 1 amide bonds. The van der Waals surface area contributed by atoms with Crippen LogP contribution in [0.5, 0.6) is 5.75 Å². The normalized spacial score (nSPS) is 26.7. The van der Waals surface area contributed by atoms with E-state index >= 15 is 0 Å². The Kier molecular flexibility index (Phi) is 3.43. The van der Waals surface area contributed by atoms with E-state index < -0.39 is 4.87 Å². The van der Waals surface area contributed by atoms with E-state index in [0.29, 0.717) is 12.5 Å². The number of amides is 1. The summed E-state index contributed by atoms with van der Waals surface area (Å²) in [6.07, 6.45) is 0.939. The minimum atomic E-state index is -0.803. The lowest BCUT2D eigenvalue weighted by Gasteiger charge is -2.44. The third-order valence-electron chi connectivity index (χ3n) is 5.93. The van der Waals surface area contributed by atoms with Crippen LogP contribution in [0.1, 0.15) is 51.2 Å². The van der Waals surface area contributed by atoms with Gasteiger partial charge in [0.1, 0.15) is 5.75 Å². The van der Waals surface area contributed by atoms with Crippen LogP contribution in [0.15, 0.2) is 41.3 Å². The highest BCUT2D eigenvalue weighted by Crippen LogP contribution is 2.62. The van der Waals surface area contributed by atoms with Gasteiger partial charge >= 0.3 is 0 Å². The fourth-order valence-corrected chi connectivity index (χ4v) is 6.24. The number of benzene rings is 2. The van der Waals surface area contributed by atoms with Crippen LogP contribution in [0.25, 0.3) is 0 Å². The highest BCUT2D eigenvalue weighted by atomic mass is 32.2. The van der Waals surface area contributed by atoms with Crippen molar-refractivity contribution in [2.45, 2.75) is 55.3 Å². The first kappa shape index (κ1) is 17.0. The predicted octanol–water partition coefficient (Wildman–Crippen LogP) is 5.09. The van der Waals surface area contributed by atoms with Gasteiger partial charge in [-0.15, -0.1) is 0 Å². The Hall–Kier alpha value is -2.14. The van der Waals surface area contributed by atoms with Crippen molar-refractivity contribution in [3.8, 4) is 5.75 Å². The van der Waals surface area contributed by atoms with Gasteiger partial charge in [0.05, 0.1) is 12.3 Å². The van der Waals surface area contributed by atoms with Gasteiger partial charge in [-0.1, -0.05) is 30.8 Å². The van der Waals surface area contributed by atoms with Crippen LogP contribution in [0, 0.1) is 0 Å². The SMILES string of the molecule is CCOc1cc2c3c(c1)[C@]1(Nc4ccccc4S1)C(=O)N3C(C)(C)C[C@H]2C. The van der Waals surface area contributed by atoms with Crippen LogP contribution in [-0.2, 0) is 9.67 Å². The smallest absolute Gasteiger partial charge is 0.268 e. The van der Waals surface area contributed by atoms with Gasteiger partial charge in [0, 0.05) is 21.7 Å². The average molecular weight is 381 g/mol. The zero-order valence-electron chi connectivity index (χ0n) is 16.1. The summed E-state index contributed by atoms with van der Waals surface area (Å²) >= 11 is 1.62. The molecule has 0 aliphatic carbocycles. The van der Waals surface area contributed by atoms with Crippen molar-refractivity contribution in [3.63, 3.8) is 0 Å². The Bertz CT molecular complexity index is 944. The molecule has 4 nitrogen and oxygen atoms in total. The molecule has 0 radical (unpaired) electrons. The van der Waals surface area contributed by atoms with Gasteiger partial charge in [-0.05, 0) is 62.9 Å². The van der Waals surface area contributed by atoms with E-state index in [1.54, 1.807) is 11.8 Å². The van der Waals surface area contributed by atoms with Gasteiger partial charge in [-0.25, -0.2) is 0 Å². The number of thioether (sulfide) groups is 1. The molecule has 5 heteroatoms. The number of hydrogen-bond donors (Lipinski definition) is 1. The first-order valence-electron chi connectivity index (χ1n) is 9.59. The zero-order valence-corrected chi connectivity index (χ0v) is 16.9. The molecule has 1 spiro atoms. The molecule has 2 atom stereocenters. The number of carbonyl (C=O) groups excluding carboxylic acids is 1. The van der Waals surface area contributed by atoms with Crippen molar-refractivity contribution >= 4 is 29.0 Å². The Labute approximate surface area is 164 Å². The Morgan fingerprint density at radius 3 is 2.81 bits per heavy atom. The van der Waals surface area contributed by atoms with E-state index in [2.05, 4.69) is 44.3 Å². The second-order valence-corrected chi connectivity index (χ2v) is 9.56. The monoisotopic (exact) mass is 380 g/mol. The third kappa shape index (κ3) is 2.15. The molecule has 1 N–H and O–H groups in total.